The molecule has 0 bridgehead atoms. The van der Waals surface area contributed by atoms with Gasteiger partial charge in [-0.25, -0.2) is 9.37 Å². The maximum Gasteiger partial charge on any atom is 0.225 e. The van der Waals surface area contributed by atoms with Crippen LogP contribution in [0, 0.1) is 5.82 Å². The Hall–Kier alpha value is -2.95. The minimum absolute atomic E-state index is 0.0922. The fourth-order valence-corrected chi connectivity index (χ4v) is 1.85. The monoisotopic (exact) mass is 281 g/mol. The lowest BCUT2D eigenvalue weighted by Crippen LogP contribution is -1.99. The highest BCUT2D eigenvalue weighted by molar-refractivity contribution is 5.57. The lowest BCUT2D eigenvalue weighted by Gasteiger charge is -2.08. The normalized spacial score (nSPS) is 10.3. The molecule has 0 aliphatic rings. The Morgan fingerprint density at radius 3 is 2.38 bits per heavy atom. The number of nitrogen functional groups attached to an aromatic ring is 1. The maximum atomic E-state index is 13.6. The van der Waals surface area contributed by atoms with Gasteiger partial charge in [0.25, 0.3) is 0 Å². The highest BCUT2D eigenvalue weighted by Crippen LogP contribution is 2.25. The summed E-state index contributed by atoms with van der Waals surface area (Å²) in [5, 5.41) is 0. The number of nitrogens with two attached hydrogens (primary N) is 1. The number of halogens is 1. The Balaban J connectivity index is 1.97. The van der Waals surface area contributed by atoms with Crippen LogP contribution in [0.5, 0.6) is 11.6 Å². The van der Waals surface area contributed by atoms with Crippen LogP contribution in [0.2, 0.25) is 0 Å². The molecule has 5 heteroatoms. The largest absolute Gasteiger partial charge is 0.436 e. The summed E-state index contributed by atoms with van der Waals surface area (Å²) in [4.78, 5) is 8.42. The van der Waals surface area contributed by atoms with Crippen LogP contribution in [0.3, 0.4) is 0 Å². The van der Waals surface area contributed by atoms with Gasteiger partial charge in [0.2, 0.25) is 5.88 Å². The standard InChI is InChI=1S/C16H12FN3O/c17-12-8-4-5-9-13(12)21-15-10-14(18)19-16(20-15)11-6-2-1-3-7-11/h1-10H,(H2,18,19,20). The van der Waals surface area contributed by atoms with Crippen LogP contribution in [0.25, 0.3) is 11.4 Å². The van der Waals surface area contributed by atoms with Gasteiger partial charge < -0.3 is 10.5 Å². The summed E-state index contributed by atoms with van der Waals surface area (Å²) in [6.07, 6.45) is 0. The zero-order valence-electron chi connectivity index (χ0n) is 11.0. The number of benzene rings is 2. The molecule has 0 radical (unpaired) electrons. The van der Waals surface area contributed by atoms with E-state index in [1.54, 1.807) is 12.1 Å². The average molecular weight is 281 g/mol. The molecule has 4 nitrogen and oxygen atoms in total. The molecular weight excluding hydrogens is 269 g/mol. The van der Waals surface area contributed by atoms with E-state index in [2.05, 4.69) is 9.97 Å². The molecule has 3 aromatic rings. The highest BCUT2D eigenvalue weighted by Gasteiger charge is 2.09. The smallest absolute Gasteiger partial charge is 0.225 e. The topological polar surface area (TPSA) is 61.0 Å². The zero-order chi connectivity index (χ0) is 14.7. The van der Waals surface area contributed by atoms with E-state index in [1.807, 2.05) is 30.3 Å². The minimum atomic E-state index is -0.462. The average Bonchev–Trinajstić information content (AvgIpc) is 2.50. The number of aromatic nitrogens is 2. The van der Waals surface area contributed by atoms with Gasteiger partial charge in [-0.3, -0.25) is 0 Å². The first-order valence-electron chi connectivity index (χ1n) is 6.35. The molecule has 2 aromatic carbocycles. The third kappa shape index (κ3) is 2.97. The first-order valence-corrected chi connectivity index (χ1v) is 6.35. The molecule has 21 heavy (non-hydrogen) atoms. The predicted molar refractivity (Wildman–Crippen MR) is 78.4 cm³/mol. The predicted octanol–water partition coefficient (Wildman–Crippen LogP) is 3.66. The summed E-state index contributed by atoms with van der Waals surface area (Å²) < 4.78 is 19.0. The second-order valence-corrected chi connectivity index (χ2v) is 4.35. The number of rotatable bonds is 3. The van der Waals surface area contributed by atoms with Gasteiger partial charge >= 0.3 is 0 Å². The number of anilines is 1. The van der Waals surface area contributed by atoms with E-state index in [-0.39, 0.29) is 17.4 Å². The van der Waals surface area contributed by atoms with Crippen molar-refractivity contribution in [2.45, 2.75) is 0 Å². The molecule has 0 amide bonds. The molecule has 1 heterocycles. The third-order valence-electron chi connectivity index (χ3n) is 2.81. The van der Waals surface area contributed by atoms with Crippen molar-refractivity contribution in [1.29, 1.82) is 0 Å². The van der Waals surface area contributed by atoms with Crippen LogP contribution >= 0.6 is 0 Å². The lowest BCUT2D eigenvalue weighted by atomic mass is 10.2. The van der Waals surface area contributed by atoms with Crippen molar-refractivity contribution in [3.63, 3.8) is 0 Å². The first-order chi connectivity index (χ1) is 10.2. The van der Waals surface area contributed by atoms with Gasteiger partial charge in [-0.15, -0.1) is 0 Å². The second-order valence-electron chi connectivity index (χ2n) is 4.35. The van der Waals surface area contributed by atoms with Crippen molar-refractivity contribution in [3.8, 4) is 23.0 Å². The Labute approximate surface area is 121 Å². The van der Waals surface area contributed by atoms with E-state index in [9.17, 15) is 4.39 Å². The van der Waals surface area contributed by atoms with E-state index in [0.29, 0.717) is 5.82 Å². The van der Waals surface area contributed by atoms with Gasteiger partial charge in [0.15, 0.2) is 17.4 Å². The van der Waals surface area contributed by atoms with Crippen LogP contribution in [-0.4, -0.2) is 9.97 Å². The van der Waals surface area contributed by atoms with Gasteiger partial charge in [0.05, 0.1) is 0 Å². The highest BCUT2D eigenvalue weighted by atomic mass is 19.1. The zero-order valence-corrected chi connectivity index (χ0v) is 11.0. The van der Waals surface area contributed by atoms with Gasteiger partial charge in [-0.2, -0.15) is 4.98 Å². The Bertz CT molecular complexity index is 762. The Morgan fingerprint density at radius 1 is 0.905 bits per heavy atom. The third-order valence-corrected chi connectivity index (χ3v) is 2.81. The van der Waals surface area contributed by atoms with Crippen LogP contribution in [0.4, 0.5) is 10.2 Å². The van der Waals surface area contributed by atoms with Crippen LogP contribution in [0.15, 0.2) is 60.7 Å². The van der Waals surface area contributed by atoms with Crippen LogP contribution < -0.4 is 10.5 Å². The van der Waals surface area contributed by atoms with Gasteiger partial charge in [0.1, 0.15) is 5.82 Å². The molecule has 0 aliphatic heterocycles. The van der Waals surface area contributed by atoms with Crippen molar-refractivity contribution >= 4 is 5.82 Å². The minimum Gasteiger partial charge on any atom is -0.436 e. The molecule has 0 atom stereocenters. The van der Waals surface area contributed by atoms with Gasteiger partial charge in [0, 0.05) is 11.6 Å². The molecule has 0 saturated heterocycles. The SMILES string of the molecule is Nc1cc(Oc2ccccc2F)nc(-c2ccccc2)n1. The summed E-state index contributed by atoms with van der Waals surface area (Å²) in [5.41, 5.74) is 6.57. The van der Waals surface area contributed by atoms with Crippen LogP contribution in [0.1, 0.15) is 0 Å². The fourth-order valence-electron chi connectivity index (χ4n) is 1.85. The van der Waals surface area contributed by atoms with E-state index in [1.165, 1.54) is 18.2 Å². The van der Waals surface area contributed by atoms with Crippen molar-refractivity contribution in [2.75, 3.05) is 5.73 Å². The second kappa shape index (κ2) is 5.58. The summed E-state index contributed by atoms with van der Waals surface area (Å²) in [5.74, 6) is 0.522. The first kappa shape index (κ1) is 13.1. The molecule has 0 saturated carbocycles. The number of para-hydroxylation sites is 1. The molecule has 0 fully saturated rings. The van der Waals surface area contributed by atoms with Crippen molar-refractivity contribution in [2.24, 2.45) is 0 Å². The number of nitrogens with zero attached hydrogens (tertiary/aromatic N) is 2. The number of hydrogen-bond acceptors (Lipinski definition) is 4. The van der Waals surface area contributed by atoms with Crippen molar-refractivity contribution in [1.82, 2.24) is 9.97 Å². The lowest BCUT2D eigenvalue weighted by molar-refractivity contribution is 0.427. The van der Waals surface area contributed by atoms with Gasteiger partial charge in [-0.05, 0) is 12.1 Å². The van der Waals surface area contributed by atoms with E-state index >= 15 is 0 Å². The number of ether oxygens (including phenoxy) is 1. The molecule has 0 unspecified atom stereocenters. The molecule has 0 aliphatic carbocycles. The quantitative estimate of drug-likeness (QED) is 0.796. The fraction of sp³-hybridized carbons (Fsp3) is 0. The molecule has 3 rings (SSSR count). The van der Waals surface area contributed by atoms with E-state index in [4.69, 9.17) is 10.5 Å². The maximum absolute atomic E-state index is 13.6. The van der Waals surface area contributed by atoms with E-state index in [0.717, 1.165) is 5.56 Å². The molecule has 0 spiro atoms. The summed E-state index contributed by atoms with van der Waals surface area (Å²) in [7, 11) is 0. The summed E-state index contributed by atoms with van der Waals surface area (Å²) in [6.45, 7) is 0. The Morgan fingerprint density at radius 2 is 1.62 bits per heavy atom. The summed E-state index contributed by atoms with van der Waals surface area (Å²) >= 11 is 0. The van der Waals surface area contributed by atoms with E-state index < -0.39 is 5.82 Å². The molecular formula is C16H12FN3O. The molecule has 104 valence electrons. The van der Waals surface area contributed by atoms with Crippen molar-refractivity contribution < 1.29 is 9.13 Å². The Kier molecular flexibility index (Phi) is 3.47. The van der Waals surface area contributed by atoms with Crippen molar-refractivity contribution in [3.05, 3.63) is 66.5 Å². The summed E-state index contributed by atoms with van der Waals surface area (Å²) in [6, 6.07) is 16.9. The van der Waals surface area contributed by atoms with Gasteiger partial charge in [-0.1, -0.05) is 42.5 Å². The molecule has 1 aromatic heterocycles. The molecule has 2 N–H and O–H groups in total. The van der Waals surface area contributed by atoms with Crippen LogP contribution in [-0.2, 0) is 0 Å². The number of hydrogen-bond donors (Lipinski definition) is 1.